The van der Waals surface area contributed by atoms with Gasteiger partial charge in [0, 0.05) is 52.0 Å². The fourth-order valence-corrected chi connectivity index (χ4v) is 9.39. The Kier molecular flexibility index (Phi) is 16.9. The predicted octanol–water partition coefficient (Wildman–Crippen LogP) is 4.47. The van der Waals surface area contributed by atoms with Gasteiger partial charge in [-0.05, 0) is 95.5 Å². The SMILES string of the molecule is CC[C@@H]1C=C(C)C[C@H](C)C[C@H](OC)[C@H]2O[C@@](O)(C(=O)C(=O)N3CCCC[C@@H]3C(=O)O[C@H](/C(C)=C/[C@@H]3CC[C@H](O)[C@H](OC)C3)[C@H](C)[C@H](O)CC1=O)[C@H](C)C[C@H]2OC. The largest absolute Gasteiger partial charge is 0.456 e. The molecule has 13 nitrogen and oxygen atoms in total. The van der Waals surface area contributed by atoms with Gasteiger partial charge in [-0.1, -0.05) is 45.4 Å². The molecule has 1 aliphatic carbocycles. The summed E-state index contributed by atoms with van der Waals surface area (Å²) in [6.07, 6.45) is 3.72. The lowest BCUT2D eigenvalue weighted by Crippen LogP contribution is -2.64. The zero-order valence-corrected chi connectivity index (χ0v) is 35.1. The van der Waals surface area contributed by atoms with E-state index in [0.29, 0.717) is 56.9 Å². The van der Waals surface area contributed by atoms with Crippen molar-refractivity contribution in [3.63, 3.8) is 0 Å². The van der Waals surface area contributed by atoms with Crippen molar-refractivity contribution < 1.29 is 58.2 Å². The van der Waals surface area contributed by atoms with Crippen molar-refractivity contribution in [3.05, 3.63) is 23.3 Å². The summed E-state index contributed by atoms with van der Waals surface area (Å²) >= 11 is 0. The summed E-state index contributed by atoms with van der Waals surface area (Å²) in [4.78, 5) is 57.6. The number of methoxy groups -OCH3 is 3. The molecule has 2 saturated heterocycles. The van der Waals surface area contributed by atoms with Gasteiger partial charge in [0.05, 0.1) is 30.5 Å². The topological polar surface area (TPSA) is 178 Å². The number of hydrogen-bond acceptors (Lipinski definition) is 12. The molecule has 3 N–H and O–H groups in total. The number of ether oxygens (including phenoxy) is 5. The van der Waals surface area contributed by atoms with E-state index in [1.165, 1.54) is 19.1 Å². The molecule has 3 fully saturated rings. The summed E-state index contributed by atoms with van der Waals surface area (Å²) in [6, 6.07) is -1.13. The van der Waals surface area contributed by atoms with Crippen LogP contribution in [-0.4, -0.2) is 126 Å². The van der Waals surface area contributed by atoms with Gasteiger partial charge in [0.2, 0.25) is 5.79 Å². The molecule has 3 aliphatic heterocycles. The normalized spacial score (nSPS) is 40.6. The van der Waals surface area contributed by atoms with Gasteiger partial charge in [-0.3, -0.25) is 14.4 Å². The second-order valence-corrected chi connectivity index (χ2v) is 17.2. The fraction of sp³-hybridized carbons (Fsp3) is 0.814. The van der Waals surface area contributed by atoms with E-state index < -0.39 is 83.9 Å². The third-order valence-electron chi connectivity index (χ3n) is 12.9. The van der Waals surface area contributed by atoms with Gasteiger partial charge in [0.25, 0.3) is 11.7 Å². The number of aliphatic hydroxyl groups is 3. The lowest BCUT2D eigenvalue weighted by Gasteiger charge is -2.47. The molecule has 0 aromatic carbocycles. The van der Waals surface area contributed by atoms with Crippen molar-refractivity contribution in [2.24, 2.45) is 29.6 Å². The molecule has 4 aliphatic rings. The number of Topliss-reactive ketones (excluding diaryl/α,β-unsaturated/α-hetero) is 2. The van der Waals surface area contributed by atoms with E-state index in [-0.39, 0.29) is 49.5 Å². The first-order valence-corrected chi connectivity index (χ1v) is 20.8. The van der Waals surface area contributed by atoms with Crippen molar-refractivity contribution in [2.45, 2.75) is 167 Å². The molecule has 2 bridgehead atoms. The Balaban J connectivity index is 1.76. The van der Waals surface area contributed by atoms with Gasteiger partial charge in [-0.2, -0.15) is 0 Å². The predicted molar refractivity (Wildman–Crippen MR) is 208 cm³/mol. The Morgan fingerprint density at radius 2 is 1.57 bits per heavy atom. The number of piperidine rings is 1. The van der Waals surface area contributed by atoms with E-state index in [4.69, 9.17) is 23.7 Å². The number of cyclic esters (lactones) is 1. The summed E-state index contributed by atoms with van der Waals surface area (Å²) in [6.45, 7) is 11.3. The highest BCUT2D eigenvalue weighted by atomic mass is 16.7. The van der Waals surface area contributed by atoms with Gasteiger partial charge < -0.3 is 43.9 Å². The monoisotopic (exact) mass is 791 g/mol. The first-order chi connectivity index (χ1) is 26.5. The van der Waals surface area contributed by atoms with Crippen LogP contribution in [0.25, 0.3) is 0 Å². The van der Waals surface area contributed by atoms with Crippen LogP contribution in [0, 0.1) is 29.6 Å². The number of amides is 1. The smallest absolute Gasteiger partial charge is 0.329 e. The maximum atomic E-state index is 14.3. The molecule has 4 rings (SSSR count). The van der Waals surface area contributed by atoms with Crippen LogP contribution in [0.15, 0.2) is 23.3 Å². The second-order valence-electron chi connectivity index (χ2n) is 17.2. The first-order valence-electron chi connectivity index (χ1n) is 20.8. The molecule has 0 radical (unpaired) electrons. The van der Waals surface area contributed by atoms with E-state index in [2.05, 4.69) is 6.92 Å². The zero-order valence-electron chi connectivity index (χ0n) is 35.1. The highest BCUT2D eigenvalue weighted by Gasteiger charge is 2.56. The average Bonchev–Trinajstić information content (AvgIpc) is 3.18. The molecule has 0 unspecified atom stereocenters. The molecule has 0 spiro atoms. The van der Waals surface area contributed by atoms with E-state index in [1.54, 1.807) is 21.0 Å². The molecule has 56 heavy (non-hydrogen) atoms. The number of carbonyl (C=O) groups is 4. The van der Waals surface area contributed by atoms with Gasteiger partial charge in [-0.25, -0.2) is 4.79 Å². The molecule has 0 aromatic heterocycles. The Labute approximate surface area is 333 Å². The van der Waals surface area contributed by atoms with Crippen LogP contribution in [0.1, 0.15) is 112 Å². The zero-order chi connectivity index (χ0) is 41.5. The molecular weight excluding hydrogens is 722 g/mol. The van der Waals surface area contributed by atoms with Gasteiger partial charge in [0.1, 0.15) is 24.0 Å². The van der Waals surface area contributed by atoms with Crippen LogP contribution in [0.4, 0.5) is 0 Å². The molecular formula is C43H69NO12. The summed E-state index contributed by atoms with van der Waals surface area (Å²) < 4.78 is 29.7. The van der Waals surface area contributed by atoms with Crippen LogP contribution in [0.2, 0.25) is 0 Å². The fourth-order valence-electron chi connectivity index (χ4n) is 9.39. The minimum absolute atomic E-state index is 0.000914. The van der Waals surface area contributed by atoms with Crippen LogP contribution < -0.4 is 0 Å². The Bertz CT molecular complexity index is 1430. The number of nitrogens with zero attached hydrogens (tertiary/aromatic N) is 1. The molecule has 0 aromatic rings. The Hall–Kier alpha value is -2.52. The van der Waals surface area contributed by atoms with E-state index >= 15 is 0 Å². The number of hydrogen-bond donors (Lipinski definition) is 3. The van der Waals surface area contributed by atoms with Gasteiger partial charge in [0.15, 0.2) is 0 Å². The van der Waals surface area contributed by atoms with E-state index in [0.717, 1.165) is 5.57 Å². The molecule has 318 valence electrons. The Morgan fingerprint density at radius 1 is 0.911 bits per heavy atom. The summed E-state index contributed by atoms with van der Waals surface area (Å²) in [5, 5.41) is 34.1. The van der Waals surface area contributed by atoms with Gasteiger partial charge in [-0.15, -0.1) is 0 Å². The van der Waals surface area contributed by atoms with Crippen molar-refractivity contribution in [1.29, 1.82) is 0 Å². The summed E-state index contributed by atoms with van der Waals surface area (Å²) in [7, 11) is 4.63. The third kappa shape index (κ3) is 10.7. The minimum Gasteiger partial charge on any atom is -0.456 e. The van der Waals surface area contributed by atoms with Crippen LogP contribution in [0.3, 0.4) is 0 Å². The number of fused-ring (bicyclic) bond motifs is 3. The average molecular weight is 792 g/mol. The van der Waals surface area contributed by atoms with E-state index in [9.17, 15) is 34.5 Å². The van der Waals surface area contributed by atoms with Gasteiger partial charge >= 0.3 is 5.97 Å². The number of carbonyl (C=O) groups excluding carboxylic acids is 4. The standard InChI is InChI=1S/C43H69NO12/c1-10-30-18-24(2)17-25(3)19-36(53-8)39-37(54-9)21-27(5)43(51,56-39)40(48)41(49)44-16-12-11-13-31(44)42(50)55-38(28(6)33(46)23-34(30)47)26(4)20-29-14-15-32(45)35(22-29)52-7/h18,20,25,27-33,35-39,45-46,51H,10-17,19,21-23H2,1-9H3/b24-18?,26-20+/t25-,27+,28+,29-,30+,31+,32-,33+,35+,36-,37+,38+,39+,43+/m0/s1. The maximum absolute atomic E-state index is 14.3. The summed E-state index contributed by atoms with van der Waals surface area (Å²) in [5.74, 6) is -7.50. The van der Waals surface area contributed by atoms with E-state index in [1.807, 2.05) is 32.9 Å². The minimum atomic E-state index is -2.50. The van der Waals surface area contributed by atoms with Crippen molar-refractivity contribution in [3.8, 4) is 0 Å². The molecule has 14 atom stereocenters. The van der Waals surface area contributed by atoms with Crippen LogP contribution in [-0.2, 0) is 42.9 Å². The number of allylic oxidation sites excluding steroid dienone is 3. The van der Waals surface area contributed by atoms with Crippen LogP contribution >= 0.6 is 0 Å². The Morgan fingerprint density at radius 3 is 2.21 bits per heavy atom. The lowest BCUT2D eigenvalue weighted by molar-refractivity contribution is -0.302. The van der Waals surface area contributed by atoms with Crippen molar-refractivity contribution in [1.82, 2.24) is 4.90 Å². The second kappa shape index (κ2) is 20.4. The molecule has 3 heterocycles. The number of ketones is 2. The summed E-state index contributed by atoms with van der Waals surface area (Å²) in [5.41, 5.74) is 1.66. The maximum Gasteiger partial charge on any atom is 0.329 e. The molecule has 13 heteroatoms. The van der Waals surface area contributed by atoms with Crippen LogP contribution in [0.5, 0.6) is 0 Å². The lowest BCUT2D eigenvalue weighted by atomic mass is 9.81. The van der Waals surface area contributed by atoms with Crippen molar-refractivity contribution in [2.75, 3.05) is 27.9 Å². The quantitative estimate of drug-likeness (QED) is 0.196. The molecule has 1 amide bonds. The highest BCUT2D eigenvalue weighted by Crippen LogP contribution is 2.39. The van der Waals surface area contributed by atoms with Crippen molar-refractivity contribution >= 4 is 23.4 Å². The number of aliphatic hydroxyl groups excluding tert-OH is 2. The number of esters is 1. The molecule has 1 saturated carbocycles. The number of rotatable bonds is 6. The third-order valence-corrected chi connectivity index (χ3v) is 12.9. The highest BCUT2D eigenvalue weighted by molar-refractivity contribution is 6.39. The first kappa shape index (κ1) is 46.2.